The maximum Gasteiger partial charge on any atom is 0.432 e. The van der Waals surface area contributed by atoms with Gasteiger partial charge in [-0.1, -0.05) is 0 Å². The molecular weight excluding hydrogens is 252 g/mol. The Labute approximate surface area is 100 Å². The van der Waals surface area contributed by atoms with Gasteiger partial charge in [0.25, 0.3) is 0 Å². The molecule has 100 valence electrons. The first-order valence-electron chi connectivity index (χ1n) is 5.45. The van der Waals surface area contributed by atoms with Crippen LogP contribution >= 0.6 is 0 Å². The molecule has 0 aromatic heterocycles. The van der Waals surface area contributed by atoms with Crippen LogP contribution in [0, 0.1) is 0 Å². The summed E-state index contributed by atoms with van der Waals surface area (Å²) in [6.07, 6.45) is 0. The van der Waals surface area contributed by atoms with Crippen LogP contribution < -0.4 is 0 Å². The second-order valence-electron chi connectivity index (χ2n) is 3.64. The summed E-state index contributed by atoms with van der Waals surface area (Å²) in [4.78, 5) is 0. The SMILES string of the molecule is O=S(=O)(ON1CCOCC1)ON1CCOCC1. The molecule has 0 unspecified atom stereocenters. The Morgan fingerprint density at radius 1 is 0.765 bits per heavy atom. The third-order valence-electron chi connectivity index (χ3n) is 2.33. The number of hydrogen-bond acceptors (Lipinski definition) is 8. The van der Waals surface area contributed by atoms with Gasteiger partial charge in [-0.15, -0.1) is 0 Å². The van der Waals surface area contributed by atoms with E-state index in [4.69, 9.17) is 18.0 Å². The van der Waals surface area contributed by atoms with Gasteiger partial charge in [-0.2, -0.15) is 27.1 Å². The van der Waals surface area contributed by atoms with Crippen molar-refractivity contribution in [3.63, 3.8) is 0 Å². The van der Waals surface area contributed by atoms with E-state index in [2.05, 4.69) is 0 Å². The maximum atomic E-state index is 11.6. The standard InChI is InChI=1S/C8H16N2O6S/c11-17(12,15-9-1-5-13-6-2-9)16-10-3-7-14-8-4-10/h1-8H2. The Balaban J connectivity index is 1.80. The van der Waals surface area contributed by atoms with E-state index in [0.717, 1.165) is 0 Å². The highest BCUT2D eigenvalue weighted by Gasteiger charge is 2.25. The van der Waals surface area contributed by atoms with Crippen molar-refractivity contribution in [1.82, 2.24) is 10.1 Å². The summed E-state index contributed by atoms with van der Waals surface area (Å²) >= 11 is 0. The predicted molar refractivity (Wildman–Crippen MR) is 55.9 cm³/mol. The fourth-order valence-electron chi connectivity index (χ4n) is 1.51. The fourth-order valence-corrected chi connectivity index (χ4v) is 2.36. The van der Waals surface area contributed by atoms with Gasteiger partial charge in [0.2, 0.25) is 0 Å². The zero-order valence-corrected chi connectivity index (χ0v) is 10.2. The van der Waals surface area contributed by atoms with Gasteiger partial charge in [-0.25, -0.2) is 0 Å². The number of hydrogen-bond donors (Lipinski definition) is 0. The van der Waals surface area contributed by atoms with E-state index >= 15 is 0 Å². The minimum absolute atomic E-state index is 0.408. The quantitative estimate of drug-likeness (QED) is 0.626. The van der Waals surface area contributed by atoms with Crippen LogP contribution in [0.15, 0.2) is 0 Å². The van der Waals surface area contributed by atoms with E-state index in [9.17, 15) is 8.42 Å². The highest BCUT2D eigenvalue weighted by molar-refractivity contribution is 7.81. The molecule has 0 aliphatic carbocycles. The van der Waals surface area contributed by atoms with E-state index in [1.807, 2.05) is 0 Å². The zero-order valence-electron chi connectivity index (χ0n) is 9.41. The molecule has 0 radical (unpaired) electrons. The molecule has 2 rings (SSSR count). The first-order chi connectivity index (χ1) is 8.16. The van der Waals surface area contributed by atoms with Crippen LogP contribution in [0.4, 0.5) is 0 Å². The molecule has 2 saturated heterocycles. The third-order valence-corrected chi connectivity index (χ3v) is 3.12. The molecule has 2 aliphatic rings. The summed E-state index contributed by atoms with van der Waals surface area (Å²) < 4.78 is 42.9. The Bertz CT molecular complexity index is 297. The predicted octanol–water partition coefficient (Wildman–Crippen LogP) is -1.24. The van der Waals surface area contributed by atoms with Gasteiger partial charge in [0.05, 0.1) is 26.4 Å². The van der Waals surface area contributed by atoms with Crippen LogP contribution in [-0.4, -0.2) is 71.2 Å². The molecule has 2 aliphatic heterocycles. The molecule has 2 fully saturated rings. The second kappa shape index (κ2) is 6.05. The van der Waals surface area contributed by atoms with Crippen molar-refractivity contribution >= 4 is 10.4 Å². The molecule has 0 spiro atoms. The Hall–Kier alpha value is -0.290. The largest absolute Gasteiger partial charge is 0.432 e. The van der Waals surface area contributed by atoms with Gasteiger partial charge in [-0.3, -0.25) is 0 Å². The molecule has 0 aromatic carbocycles. The minimum atomic E-state index is -4.04. The molecular formula is C8H16N2O6S. The van der Waals surface area contributed by atoms with Crippen molar-refractivity contribution in [1.29, 1.82) is 0 Å². The van der Waals surface area contributed by atoms with Crippen LogP contribution in [0.25, 0.3) is 0 Å². The molecule has 0 bridgehead atoms. The second-order valence-corrected chi connectivity index (χ2v) is 4.75. The highest BCUT2D eigenvalue weighted by atomic mass is 32.3. The van der Waals surface area contributed by atoms with E-state index in [1.165, 1.54) is 10.1 Å². The van der Waals surface area contributed by atoms with Crippen molar-refractivity contribution < 1.29 is 26.5 Å². The van der Waals surface area contributed by atoms with Crippen LogP contribution in [0.3, 0.4) is 0 Å². The van der Waals surface area contributed by atoms with Crippen molar-refractivity contribution in [2.24, 2.45) is 0 Å². The summed E-state index contributed by atoms with van der Waals surface area (Å²) in [6.45, 7) is 3.44. The Kier molecular flexibility index (Phi) is 4.68. The van der Waals surface area contributed by atoms with Gasteiger partial charge in [0, 0.05) is 26.2 Å². The Morgan fingerprint density at radius 2 is 1.12 bits per heavy atom. The average Bonchev–Trinajstić information content (AvgIpc) is 2.30. The maximum absolute atomic E-state index is 11.6. The first-order valence-corrected chi connectivity index (χ1v) is 6.78. The summed E-state index contributed by atoms with van der Waals surface area (Å²) in [7, 11) is -4.04. The van der Waals surface area contributed by atoms with Gasteiger partial charge >= 0.3 is 10.4 Å². The molecule has 0 saturated carbocycles. The lowest BCUT2D eigenvalue weighted by Crippen LogP contribution is -2.42. The van der Waals surface area contributed by atoms with Crippen molar-refractivity contribution in [2.45, 2.75) is 0 Å². The monoisotopic (exact) mass is 268 g/mol. The molecule has 2 heterocycles. The summed E-state index contributed by atoms with van der Waals surface area (Å²) in [6, 6.07) is 0. The molecule has 9 heteroatoms. The summed E-state index contributed by atoms with van der Waals surface area (Å²) in [5.74, 6) is 0. The topological polar surface area (TPSA) is 77.5 Å². The van der Waals surface area contributed by atoms with Crippen LogP contribution in [0.5, 0.6) is 0 Å². The minimum Gasteiger partial charge on any atom is -0.379 e. The van der Waals surface area contributed by atoms with Gasteiger partial charge in [-0.05, 0) is 0 Å². The number of nitrogens with zero attached hydrogens (tertiary/aromatic N) is 2. The van der Waals surface area contributed by atoms with E-state index in [1.54, 1.807) is 0 Å². The smallest absolute Gasteiger partial charge is 0.379 e. The van der Waals surface area contributed by atoms with E-state index in [0.29, 0.717) is 52.6 Å². The van der Waals surface area contributed by atoms with Crippen LogP contribution in [0.2, 0.25) is 0 Å². The molecule has 17 heavy (non-hydrogen) atoms. The first kappa shape index (κ1) is 13.1. The highest BCUT2D eigenvalue weighted by Crippen LogP contribution is 2.08. The fraction of sp³-hybridized carbons (Fsp3) is 1.00. The lowest BCUT2D eigenvalue weighted by atomic mass is 10.5. The number of hydroxylamine groups is 4. The van der Waals surface area contributed by atoms with Gasteiger partial charge in [0.15, 0.2) is 0 Å². The Morgan fingerprint density at radius 3 is 1.47 bits per heavy atom. The van der Waals surface area contributed by atoms with Crippen molar-refractivity contribution in [3.05, 3.63) is 0 Å². The van der Waals surface area contributed by atoms with Crippen molar-refractivity contribution in [2.75, 3.05) is 52.6 Å². The summed E-state index contributed by atoms with van der Waals surface area (Å²) in [5, 5.41) is 2.64. The molecule has 0 atom stereocenters. The number of morpholine rings is 2. The third kappa shape index (κ3) is 4.47. The lowest BCUT2D eigenvalue weighted by Gasteiger charge is -2.27. The molecule has 0 N–H and O–H groups in total. The molecule has 0 amide bonds. The van der Waals surface area contributed by atoms with Crippen LogP contribution in [-0.2, 0) is 28.4 Å². The summed E-state index contributed by atoms with van der Waals surface area (Å²) in [5.41, 5.74) is 0. The number of rotatable bonds is 4. The lowest BCUT2D eigenvalue weighted by molar-refractivity contribution is -0.159. The van der Waals surface area contributed by atoms with Gasteiger partial charge in [0.1, 0.15) is 0 Å². The van der Waals surface area contributed by atoms with E-state index < -0.39 is 10.4 Å². The molecule has 8 nitrogen and oxygen atoms in total. The van der Waals surface area contributed by atoms with Gasteiger partial charge < -0.3 is 9.47 Å². The van der Waals surface area contributed by atoms with E-state index in [-0.39, 0.29) is 0 Å². The normalized spacial score (nSPS) is 24.9. The van der Waals surface area contributed by atoms with Crippen LogP contribution in [0.1, 0.15) is 0 Å². The van der Waals surface area contributed by atoms with Crippen molar-refractivity contribution in [3.8, 4) is 0 Å². The molecule has 0 aromatic rings. The average molecular weight is 268 g/mol. The zero-order chi connectivity index (χ0) is 12.1. The number of ether oxygens (including phenoxy) is 2.